The second kappa shape index (κ2) is 6.93. The maximum Gasteiger partial charge on any atom is 0.407 e. The Labute approximate surface area is 141 Å². The van der Waals surface area contributed by atoms with Gasteiger partial charge in [-0.3, -0.25) is 0 Å². The molecule has 1 aliphatic carbocycles. The molecule has 23 heavy (non-hydrogen) atoms. The first-order chi connectivity index (χ1) is 10.3. The van der Waals surface area contributed by atoms with Gasteiger partial charge in [0, 0.05) is 12.5 Å². The first kappa shape index (κ1) is 20.2. The molecule has 0 saturated heterocycles. The topological polar surface area (TPSA) is 64.6 Å². The number of rotatable bonds is 6. The van der Waals surface area contributed by atoms with Gasteiger partial charge in [0.25, 0.3) is 0 Å². The van der Waals surface area contributed by atoms with E-state index in [1.165, 1.54) is 0 Å². The first-order valence-electron chi connectivity index (χ1n) is 8.37. The van der Waals surface area contributed by atoms with Crippen molar-refractivity contribution in [3.8, 4) is 0 Å². The number of carbonyl (C=O) groups is 2. The van der Waals surface area contributed by atoms with Crippen LogP contribution in [0.25, 0.3) is 0 Å². The lowest BCUT2D eigenvalue weighted by Crippen LogP contribution is -2.48. The van der Waals surface area contributed by atoms with E-state index in [1.807, 2.05) is 20.8 Å². The fourth-order valence-corrected chi connectivity index (χ4v) is 3.52. The van der Waals surface area contributed by atoms with Crippen LogP contribution in [0.4, 0.5) is 4.79 Å². The van der Waals surface area contributed by atoms with E-state index in [4.69, 9.17) is 9.16 Å². The van der Waals surface area contributed by atoms with Gasteiger partial charge in [0.15, 0.2) is 8.32 Å². The van der Waals surface area contributed by atoms with Crippen LogP contribution in [-0.4, -0.2) is 38.9 Å². The second-order valence-corrected chi connectivity index (χ2v) is 13.8. The predicted octanol–water partition coefficient (Wildman–Crippen LogP) is 3.74. The molecule has 0 aromatic carbocycles. The van der Waals surface area contributed by atoms with Gasteiger partial charge in [0.05, 0.1) is 6.10 Å². The average Bonchev–Trinajstić information content (AvgIpc) is 3.10. The fourth-order valence-electron chi connectivity index (χ4n) is 2.15. The van der Waals surface area contributed by atoms with Crippen LogP contribution in [0.1, 0.15) is 48.0 Å². The van der Waals surface area contributed by atoms with Crippen molar-refractivity contribution in [3.05, 3.63) is 0 Å². The predicted molar refractivity (Wildman–Crippen MR) is 94.0 cm³/mol. The van der Waals surface area contributed by atoms with Crippen molar-refractivity contribution in [1.29, 1.82) is 0 Å². The Balaban J connectivity index is 2.68. The van der Waals surface area contributed by atoms with E-state index in [1.54, 1.807) is 0 Å². The van der Waals surface area contributed by atoms with Gasteiger partial charge in [0.2, 0.25) is 0 Å². The smallest absolute Gasteiger partial charge is 0.407 e. The maximum absolute atomic E-state index is 11.9. The van der Waals surface area contributed by atoms with Gasteiger partial charge in [0.1, 0.15) is 11.9 Å². The van der Waals surface area contributed by atoms with Crippen LogP contribution in [0.3, 0.4) is 0 Å². The monoisotopic (exact) mass is 343 g/mol. The third-order valence-electron chi connectivity index (χ3n) is 4.64. The highest BCUT2D eigenvalue weighted by Gasteiger charge is 2.48. The Hall–Kier alpha value is -0.883. The molecular formula is C17H33NO4Si. The van der Waals surface area contributed by atoms with E-state index in [0.717, 1.165) is 12.7 Å². The average molecular weight is 344 g/mol. The largest absolute Gasteiger partial charge is 0.444 e. The molecule has 1 aliphatic rings. The highest BCUT2D eigenvalue weighted by Crippen LogP contribution is 2.44. The Morgan fingerprint density at radius 3 is 2.22 bits per heavy atom. The summed E-state index contributed by atoms with van der Waals surface area (Å²) >= 11 is 0. The molecular weight excluding hydrogens is 310 g/mol. The standard InChI is InChI=1S/C17H33NO4Si/c1-16(2,3)21-15(20)18-10-14(13-9-12(13)11-19)22-23(7,8)17(4,5)6/h11-14H,9-10H2,1-8H3,(H,18,20)/t12-,13+,14+/m1/s1. The van der Waals surface area contributed by atoms with Crippen molar-refractivity contribution in [2.75, 3.05) is 6.54 Å². The molecule has 134 valence electrons. The first-order valence-corrected chi connectivity index (χ1v) is 11.3. The summed E-state index contributed by atoms with van der Waals surface area (Å²) in [7, 11) is -1.96. The van der Waals surface area contributed by atoms with Crippen molar-refractivity contribution < 1.29 is 18.8 Å². The number of hydrogen-bond donors (Lipinski definition) is 1. The van der Waals surface area contributed by atoms with Gasteiger partial charge in [-0.25, -0.2) is 4.79 Å². The summed E-state index contributed by atoms with van der Waals surface area (Å²) in [5, 5.41) is 2.89. The summed E-state index contributed by atoms with van der Waals surface area (Å²) in [6.45, 7) is 16.8. The molecule has 0 unspecified atom stereocenters. The Morgan fingerprint density at radius 2 is 1.83 bits per heavy atom. The lowest BCUT2D eigenvalue weighted by atomic mass is 10.2. The number of aldehydes is 1. The number of carbonyl (C=O) groups excluding carboxylic acids is 2. The van der Waals surface area contributed by atoms with E-state index in [0.29, 0.717) is 6.54 Å². The minimum Gasteiger partial charge on any atom is -0.444 e. The molecule has 1 saturated carbocycles. The van der Waals surface area contributed by atoms with Gasteiger partial charge < -0.3 is 19.3 Å². The van der Waals surface area contributed by atoms with Crippen molar-refractivity contribution in [2.45, 2.75) is 77.8 Å². The van der Waals surface area contributed by atoms with Gasteiger partial charge in [-0.15, -0.1) is 0 Å². The van der Waals surface area contributed by atoms with Gasteiger partial charge in [-0.2, -0.15) is 0 Å². The molecule has 5 nitrogen and oxygen atoms in total. The Bertz CT molecular complexity index is 437. The van der Waals surface area contributed by atoms with Crippen molar-refractivity contribution in [3.63, 3.8) is 0 Å². The zero-order chi connectivity index (χ0) is 18.1. The van der Waals surface area contributed by atoms with Crippen molar-refractivity contribution in [2.24, 2.45) is 11.8 Å². The van der Waals surface area contributed by atoms with Gasteiger partial charge in [-0.1, -0.05) is 20.8 Å². The molecule has 0 bridgehead atoms. The highest BCUT2D eigenvalue weighted by atomic mass is 28.4. The highest BCUT2D eigenvalue weighted by molar-refractivity contribution is 6.74. The number of alkyl carbamates (subject to hydrolysis) is 1. The third-order valence-corrected chi connectivity index (χ3v) is 9.15. The molecule has 0 aromatic heterocycles. The normalized spacial score (nSPS) is 23.1. The number of ether oxygens (including phenoxy) is 1. The van der Waals surface area contributed by atoms with Gasteiger partial charge >= 0.3 is 6.09 Å². The molecule has 1 fully saturated rings. The molecule has 1 N–H and O–H groups in total. The molecule has 3 atom stereocenters. The van der Waals surface area contributed by atoms with Crippen LogP contribution in [0, 0.1) is 11.8 Å². The van der Waals surface area contributed by atoms with E-state index in [2.05, 4.69) is 39.2 Å². The van der Waals surface area contributed by atoms with E-state index < -0.39 is 20.0 Å². The molecule has 1 rings (SSSR count). The van der Waals surface area contributed by atoms with Crippen molar-refractivity contribution in [1.82, 2.24) is 5.32 Å². The maximum atomic E-state index is 11.9. The lowest BCUT2D eigenvalue weighted by molar-refractivity contribution is -0.109. The summed E-state index contributed by atoms with van der Waals surface area (Å²) in [6, 6.07) is 0. The van der Waals surface area contributed by atoms with Gasteiger partial charge in [-0.05, 0) is 51.2 Å². The molecule has 1 amide bonds. The summed E-state index contributed by atoms with van der Waals surface area (Å²) in [5.74, 6) is 0.266. The summed E-state index contributed by atoms with van der Waals surface area (Å²) in [6.07, 6.45) is 1.28. The van der Waals surface area contributed by atoms with Crippen molar-refractivity contribution >= 4 is 20.7 Å². The zero-order valence-corrected chi connectivity index (χ0v) is 16.9. The molecule has 0 aromatic rings. The van der Waals surface area contributed by atoms with Crippen LogP contribution >= 0.6 is 0 Å². The lowest BCUT2D eigenvalue weighted by Gasteiger charge is -2.39. The van der Waals surface area contributed by atoms with Crippen LogP contribution in [0.2, 0.25) is 18.1 Å². The summed E-state index contributed by atoms with van der Waals surface area (Å²) < 4.78 is 11.7. The molecule has 6 heteroatoms. The van der Waals surface area contributed by atoms with E-state index in [9.17, 15) is 9.59 Å². The third kappa shape index (κ3) is 6.26. The number of hydrogen-bond acceptors (Lipinski definition) is 4. The Morgan fingerprint density at radius 1 is 1.26 bits per heavy atom. The molecule has 0 radical (unpaired) electrons. The second-order valence-electron chi connectivity index (χ2n) is 9.00. The van der Waals surface area contributed by atoms with Crippen LogP contribution in [0.15, 0.2) is 0 Å². The molecule has 0 heterocycles. The van der Waals surface area contributed by atoms with E-state index in [-0.39, 0.29) is 23.0 Å². The molecule has 0 aliphatic heterocycles. The number of nitrogens with one attached hydrogen (secondary N) is 1. The van der Waals surface area contributed by atoms with E-state index >= 15 is 0 Å². The summed E-state index contributed by atoms with van der Waals surface area (Å²) in [5.41, 5.74) is -0.523. The van der Waals surface area contributed by atoms with Crippen LogP contribution in [0.5, 0.6) is 0 Å². The molecule has 0 spiro atoms. The zero-order valence-electron chi connectivity index (χ0n) is 15.9. The van der Waals surface area contributed by atoms with Crippen LogP contribution < -0.4 is 5.32 Å². The Kier molecular flexibility index (Phi) is 6.07. The quantitative estimate of drug-likeness (QED) is 0.589. The van der Waals surface area contributed by atoms with Crippen LogP contribution in [-0.2, 0) is 14.0 Å². The minimum absolute atomic E-state index is 0.0604. The fraction of sp³-hybridized carbons (Fsp3) is 0.882. The SMILES string of the molecule is CC(C)(C)OC(=O)NC[C@H](O[Si](C)(C)C(C)(C)C)[C@H]1C[C@@H]1C=O. The summed E-state index contributed by atoms with van der Waals surface area (Å²) in [4.78, 5) is 22.9. The minimum atomic E-state index is -1.96. The number of amides is 1.